The molecule has 1 aliphatic heterocycles. The van der Waals surface area contributed by atoms with Gasteiger partial charge in [-0.15, -0.1) is 0 Å². The third-order valence-corrected chi connectivity index (χ3v) is 4.44. The van der Waals surface area contributed by atoms with Crippen LogP contribution in [0.4, 0.5) is 4.39 Å². The van der Waals surface area contributed by atoms with E-state index in [0.29, 0.717) is 37.5 Å². The Morgan fingerprint density at radius 3 is 2.22 bits per heavy atom. The molecular weight excluding hydrogens is 351 g/mol. The zero-order valence-electron chi connectivity index (χ0n) is 15.1. The summed E-state index contributed by atoms with van der Waals surface area (Å²) in [5.74, 6) is -0.0571. The summed E-state index contributed by atoms with van der Waals surface area (Å²) >= 11 is 0. The smallest absolute Gasteiger partial charge is 0.260 e. The molecule has 142 valence electrons. The molecule has 6 nitrogen and oxygen atoms in total. The number of amides is 2. The number of carbonyl (C=O) groups is 2. The van der Waals surface area contributed by atoms with Crippen molar-refractivity contribution >= 4 is 11.8 Å². The van der Waals surface area contributed by atoms with Crippen LogP contribution in [0.5, 0.6) is 11.5 Å². The Bertz CT molecular complexity index is 802. The second-order valence-electron chi connectivity index (χ2n) is 6.12. The van der Waals surface area contributed by atoms with E-state index in [0.717, 1.165) is 0 Å². The number of halogens is 1. The maximum atomic E-state index is 13.5. The van der Waals surface area contributed by atoms with Gasteiger partial charge in [-0.3, -0.25) is 9.59 Å². The monoisotopic (exact) mass is 372 g/mol. The topological polar surface area (TPSA) is 59.1 Å². The van der Waals surface area contributed by atoms with Crippen LogP contribution in [0, 0.1) is 5.82 Å². The first kappa shape index (κ1) is 18.7. The van der Waals surface area contributed by atoms with Crippen molar-refractivity contribution in [2.24, 2.45) is 0 Å². The number of piperazine rings is 1. The lowest BCUT2D eigenvalue weighted by Gasteiger charge is -2.34. The highest BCUT2D eigenvalue weighted by Crippen LogP contribution is 2.16. The molecule has 1 heterocycles. The van der Waals surface area contributed by atoms with Gasteiger partial charge in [-0.25, -0.2) is 4.39 Å². The van der Waals surface area contributed by atoms with Gasteiger partial charge in [0.05, 0.1) is 7.11 Å². The van der Waals surface area contributed by atoms with E-state index < -0.39 is 5.82 Å². The molecule has 7 heteroatoms. The third-order valence-electron chi connectivity index (χ3n) is 4.44. The molecule has 27 heavy (non-hydrogen) atoms. The Labute approximate surface area is 157 Å². The number of methoxy groups -OCH3 is 1. The number of para-hydroxylation sites is 1. The van der Waals surface area contributed by atoms with Crippen LogP contribution in [0.2, 0.25) is 0 Å². The first-order valence-electron chi connectivity index (χ1n) is 8.67. The summed E-state index contributed by atoms with van der Waals surface area (Å²) in [6.45, 7) is 1.49. The van der Waals surface area contributed by atoms with Crippen LogP contribution in [0.15, 0.2) is 48.5 Å². The molecule has 2 amide bonds. The average Bonchev–Trinajstić information content (AvgIpc) is 2.72. The van der Waals surface area contributed by atoms with Gasteiger partial charge in [0.2, 0.25) is 0 Å². The molecule has 0 bridgehead atoms. The minimum Gasteiger partial charge on any atom is -0.497 e. The summed E-state index contributed by atoms with van der Waals surface area (Å²) in [6.07, 6.45) is 0. The summed E-state index contributed by atoms with van der Waals surface area (Å²) in [6, 6.07) is 12.9. The molecule has 0 aromatic heterocycles. The number of carbonyl (C=O) groups excluding carboxylic acids is 2. The van der Waals surface area contributed by atoms with E-state index in [1.165, 1.54) is 12.1 Å². The highest BCUT2D eigenvalue weighted by molar-refractivity contribution is 5.94. The summed E-state index contributed by atoms with van der Waals surface area (Å²) in [5, 5.41) is 0. The molecule has 1 fully saturated rings. The maximum absolute atomic E-state index is 13.5. The second-order valence-corrected chi connectivity index (χ2v) is 6.12. The van der Waals surface area contributed by atoms with Crippen LogP contribution >= 0.6 is 0 Å². The van der Waals surface area contributed by atoms with Crippen LogP contribution in [-0.4, -0.2) is 61.5 Å². The predicted molar refractivity (Wildman–Crippen MR) is 97.4 cm³/mol. The molecule has 0 spiro atoms. The van der Waals surface area contributed by atoms with Gasteiger partial charge >= 0.3 is 0 Å². The summed E-state index contributed by atoms with van der Waals surface area (Å²) in [5.41, 5.74) is 0.582. The number of hydrogen-bond donors (Lipinski definition) is 0. The largest absolute Gasteiger partial charge is 0.497 e. The minimum absolute atomic E-state index is 0.0548. The summed E-state index contributed by atoms with van der Waals surface area (Å²) < 4.78 is 23.9. The molecule has 2 aromatic carbocycles. The number of rotatable bonds is 5. The standard InChI is InChI=1S/C20H21FN2O4/c1-26-16-8-6-15(7-9-16)20(25)23-12-10-22(11-13-23)19(24)14-27-18-5-3-2-4-17(18)21/h2-9H,10-14H2,1H3. The zero-order valence-corrected chi connectivity index (χ0v) is 15.1. The number of ether oxygens (including phenoxy) is 2. The van der Waals surface area contributed by atoms with Gasteiger partial charge in [0, 0.05) is 31.7 Å². The Morgan fingerprint density at radius 2 is 1.59 bits per heavy atom. The first-order valence-corrected chi connectivity index (χ1v) is 8.67. The highest BCUT2D eigenvalue weighted by atomic mass is 19.1. The van der Waals surface area contributed by atoms with Crippen molar-refractivity contribution in [1.29, 1.82) is 0 Å². The van der Waals surface area contributed by atoms with Crippen LogP contribution in [0.1, 0.15) is 10.4 Å². The molecule has 2 aromatic rings. The normalized spacial score (nSPS) is 14.0. The van der Waals surface area contributed by atoms with Crippen molar-refractivity contribution in [3.8, 4) is 11.5 Å². The van der Waals surface area contributed by atoms with E-state index in [4.69, 9.17) is 9.47 Å². The van der Waals surface area contributed by atoms with Crippen LogP contribution < -0.4 is 9.47 Å². The molecule has 0 saturated carbocycles. The van der Waals surface area contributed by atoms with Gasteiger partial charge < -0.3 is 19.3 Å². The van der Waals surface area contributed by atoms with Crippen molar-refractivity contribution in [1.82, 2.24) is 9.80 Å². The lowest BCUT2D eigenvalue weighted by Crippen LogP contribution is -2.51. The summed E-state index contributed by atoms with van der Waals surface area (Å²) in [7, 11) is 1.57. The predicted octanol–water partition coefficient (Wildman–Crippen LogP) is 2.20. The van der Waals surface area contributed by atoms with Gasteiger partial charge in [0.1, 0.15) is 5.75 Å². The molecular formula is C20H21FN2O4. The molecule has 0 atom stereocenters. The lowest BCUT2D eigenvalue weighted by molar-refractivity contribution is -0.134. The maximum Gasteiger partial charge on any atom is 0.260 e. The van der Waals surface area contributed by atoms with Crippen LogP contribution in [0.25, 0.3) is 0 Å². The number of benzene rings is 2. The van der Waals surface area contributed by atoms with Crippen LogP contribution in [-0.2, 0) is 4.79 Å². The van der Waals surface area contributed by atoms with E-state index in [2.05, 4.69) is 0 Å². The number of hydrogen-bond acceptors (Lipinski definition) is 4. The molecule has 3 rings (SSSR count). The SMILES string of the molecule is COc1ccc(C(=O)N2CCN(C(=O)COc3ccccc3F)CC2)cc1. The first-order chi connectivity index (χ1) is 13.1. The van der Waals surface area contributed by atoms with Gasteiger partial charge in [-0.2, -0.15) is 0 Å². The van der Waals surface area contributed by atoms with E-state index in [1.807, 2.05) is 0 Å². The Hall–Kier alpha value is -3.09. The van der Waals surface area contributed by atoms with Crippen molar-refractivity contribution in [3.05, 3.63) is 59.9 Å². The van der Waals surface area contributed by atoms with Crippen molar-refractivity contribution in [2.45, 2.75) is 0 Å². The van der Waals surface area contributed by atoms with Crippen molar-refractivity contribution in [2.75, 3.05) is 39.9 Å². The quantitative estimate of drug-likeness (QED) is 0.807. The minimum atomic E-state index is -0.500. The van der Waals surface area contributed by atoms with E-state index in [9.17, 15) is 14.0 Å². The zero-order chi connectivity index (χ0) is 19.2. The van der Waals surface area contributed by atoms with Gasteiger partial charge in [0.15, 0.2) is 18.2 Å². The number of nitrogens with zero attached hydrogens (tertiary/aromatic N) is 2. The Balaban J connectivity index is 1.49. The fraction of sp³-hybridized carbons (Fsp3) is 0.300. The van der Waals surface area contributed by atoms with Crippen molar-refractivity contribution in [3.63, 3.8) is 0 Å². The average molecular weight is 372 g/mol. The molecule has 0 radical (unpaired) electrons. The molecule has 1 aliphatic rings. The molecule has 1 saturated heterocycles. The Morgan fingerprint density at radius 1 is 0.963 bits per heavy atom. The Kier molecular flexibility index (Phi) is 5.90. The van der Waals surface area contributed by atoms with Crippen LogP contribution in [0.3, 0.4) is 0 Å². The molecule has 0 N–H and O–H groups in total. The second kappa shape index (κ2) is 8.53. The van der Waals surface area contributed by atoms with Crippen molar-refractivity contribution < 1.29 is 23.5 Å². The highest BCUT2D eigenvalue weighted by Gasteiger charge is 2.25. The fourth-order valence-electron chi connectivity index (χ4n) is 2.87. The van der Waals surface area contributed by atoms with Gasteiger partial charge in [-0.1, -0.05) is 12.1 Å². The molecule has 0 unspecified atom stereocenters. The van der Waals surface area contributed by atoms with E-state index >= 15 is 0 Å². The molecule has 0 aliphatic carbocycles. The van der Waals surface area contributed by atoms with E-state index in [-0.39, 0.29) is 24.2 Å². The third kappa shape index (κ3) is 4.55. The summed E-state index contributed by atoms with van der Waals surface area (Å²) in [4.78, 5) is 28.1. The lowest BCUT2D eigenvalue weighted by atomic mass is 10.1. The van der Waals surface area contributed by atoms with Gasteiger partial charge in [0.25, 0.3) is 11.8 Å². The van der Waals surface area contributed by atoms with Gasteiger partial charge in [-0.05, 0) is 36.4 Å². The van der Waals surface area contributed by atoms with E-state index in [1.54, 1.807) is 53.3 Å². The fourth-order valence-corrected chi connectivity index (χ4v) is 2.87.